The predicted octanol–water partition coefficient (Wildman–Crippen LogP) is 3.74. The third kappa shape index (κ3) is 6.55. The summed E-state index contributed by atoms with van der Waals surface area (Å²) >= 11 is 0. The molecule has 0 radical (unpaired) electrons. The van der Waals surface area contributed by atoms with E-state index in [1.807, 2.05) is 78.9 Å². The van der Waals surface area contributed by atoms with Crippen molar-refractivity contribution in [1.82, 2.24) is 10.2 Å². The van der Waals surface area contributed by atoms with Crippen LogP contribution in [0, 0.1) is 0 Å². The second-order valence-corrected chi connectivity index (χ2v) is 12.0. The summed E-state index contributed by atoms with van der Waals surface area (Å²) in [6, 6.07) is 26.3. The van der Waals surface area contributed by atoms with Gasteiger partial charge in [0.2, 0.25) is 5.91 Å². The van der Waals surface area contributed by atoms with Gasteiger partial charge in [-0.25, -0.2) is 9.59 Å². The monoisotopic (exact) mass is 612 g/mol. The van der Waals surface area contributed by atoms with Crippen LogP contribution >= 0.6 is 0 Å². The van der Waals surface area contributed by atoms with Gasteiger partial charge < -0.3 is 14.8 Å². The van der Waals surface area contributed by atoms with Gasteiger partial charge in [-0.05, 0) is 30.5 Å². The highest BCUT2D eigenvalue weighted by molar-refractivity contribution is 7.86. The summed E-state index contributed by atoms with van der Waals surface area (Å²) in [7, 11) is -1.70. The molecule has 0 saturated carbocycles. The smallest absolute Gasteiger partial charge is 0.356 e. The van der Waals surface area contributed by atoms with Crippen molar-refractivity contribution in [3.05, 3.63) is 131 Å². The number of hydrogen-bond acceptors (Lipinski definition) is 7. The van der Waals surface area contributed by atoms with Gasteiger partial charge in [-0.2, -0.15) is 0 Å². The van der Waals surface area contributed by atoms with Crippen molar-refractivity contribution in [2.45, 2.75) is 37.8 Å². The van der Waals surface area contributed by atoms with Crippen LogP contribution in [0.1, 0.15) is 36.6 Å². The first kappa shape index (κ1) is 30.6. The zero-order valence-corrected chi connectivity index (χ0v) is 25.1. The minimum absolute atomic E-state index is 0.0377. The maximum atomic E-state index is 14.0. The summed E-state index contributed by atoms with van der Waals surface area (Å²) in [5, 5.41) is 1.71. The van der Waals surface area contributed by atoms with Crippen molar-refractivity contribution in [2.24, 2.45) is 0 Å². The largest absolute Gasteiger partial charge is 0.458 e. The molecule has 1 N–H and O–H groups in total. The van der Waals surface area contributed by atoms with E-state index in [1.54, 1.807) is 32.1 Å². The Labute approximate surface area is 258 Å². The summed E-state index contributed by atoms with van der Waals surface area (Å²) in [5.41, 5.74) is 2.61. The fourth-order valence-corrected chi connectivity index (χ4v) is 6.76. The van der Waals surface area contributed by atoms with E-state index in [0.29, 0.717) is 16.7 Å². The van der Waals surface area contributed by atoms with Gasteiger partial charge in [0.15, 0.2) is 6.10 Å². The second kappa shape index (κ2) is 13.6. The highest BCUT2D eigenvalue weighted by atomic mass is 32.2. The van der Waals surface area contributed by atoms with E-state index in [9.17, 15) is 23.4 Å². The fraction of sp³-hybridized carbons (Fsp3) is 0.235. The van der Waals surface area contributed by atoms with Gasteiger partial charge in [0.25, 0.3) is 5.91 Å². The van der Waals surface area contributed by atoms with Gasteiger partial charge in [0, 0.05) is 11.1 Å². The van der Waals surface area contributed by atoms with Crippen LogP contribution in [-0.4, -0.2) is 56.6 Å². The lowest BCUT2D eigenvalue weighted by Crippen LogP contribution is -2.73. The molecule has 2 aliphatic rings. The molecule has 2 amide bonds. The first-order valence-electron chi connectivity index (χ1n) is 14.1. The number of fused-ring (bicyclic) bond motifs is 1. The van der Waals surface area contributed by atoms with E-state index in [1.165, 1.54) is 0 Å². The van der Waals surface area contributed by atoms with E-state index < -0.39 is 52.1 Å². The molecule has 2 heterocycles. The average Bonchev–Trinajstić information content (AvgIpc) is 3.05. The quantitative estimate of drug-likeness (QED) is 0.211. The number of allylic oxidation sites excluding steroid dienone is 1. The number of carbonyl (C=O) groups is 4. The number of amides is 2. The van der Waals surface area contributed by atoms with Crippen LogP contribution in [0.25, 0.3) is 0 Å². The minimum atomic E-state index is -1.70. The number of rotatable bonds is 10. The average molecular weight is 613 g/mol. The molecular weight excluding hydrogens is 580 g/mol. The van der Waals surface area contributed by atoms with Crippen molar-refractivity contribution in [3.8, 4) is 0 Å². The molecule has 2 aliphatic heterocycles. The molecule has 0 bridgehead atoms. The highest BCUT2D eigenvalue weighted by Gasteiger charge is 2.57. The lowest BCUT2D eigenvalue weighted by atomic mass is 10.0. The van der Waals surface area contributed by atoms with Crippen molar-refractivity contribution < 1.29 is 32.9 Å². The van der Waals surface area contributed by atoms with Crippen LogP contribution in [0.4, 0.5) is 0 Å². The summed E-state index contributed by atoms with van der Waals surface area (Å²) in [6.07, 6.45) is 0.818. The first-order valence-corrected chi connectivity index (χ1v) is 15.5. The fourth-order valence-electron chi connectivity index (χ4n) is 5.09. The zero-order chi connectivity index (χ0) is 31.2. The van der Waals surface area contributed by atoms with Crippen molar-refractivity contribution >= 4 is 34.6 Å². The Hall–Kier alpha value is -4.83. The summed E-state index contributed by atoms with van der Waals surface area (Å²) in [4.78, 5) is 53.9. The van der Waals surface area contributed by atoms with Crippen LogP contribution < -0.4 is 5.32 Å². The molecule has 3 atom stereocenters. The van der Waals surface area contributed by atoms with E-state index in [4.69, 9.17) is 9.47 Å². The lowest BCUT2D eigenvalue weighted by molar-refractivity contribution is -0.155. The molecular formula is C34H32N2O7S. The van der Waals surface area contributed by atoms with E-state index in [-0.39, 0.29) is 30.1 Å². The molecule has 44 heavy (non-hydrogen) atoms. The molecule has 3 aromatic rings. The summed E-state index contributed by atoms with van der Waals surface area (Å²) < 4.78 is 25.0. The van der Waals surface area contributed by atoms with E-state index in [2.05, 4.69) is 5.32 Å². The zero-order valence-electron chi connectivity index (χ0n) is 24.3. The Kier molecular flexibility index (Phi) is 9.50. The second-order valence-electron chi connectivity index (χ2n) is 10.4. The molecule has 1 fully saturated rings. The summed E-state index contributed by atoms with van der Waals surface area (Å²) in [6.45, 7) is 2.92. The number of β-lactam (4-membered cyclic amide) rings is 1. The molecule has 10 heteroatoms. The molecule has 226 valence electrons. The number of hydrogen-bond donors (Lipinski definition) is 1. The number of nitrogens with zero attached hydrogens (tertiary/aromatic N) is 1. The maximum Gasteiger partial charge on any atom is 0.356 e. The van der Waals surface area contributed by atoms with Crippen molar-refractivity contribution in [3.63, 3.8) is 0 Å². The number of ether oxygens (including phenoxy) is 2. The first-order chi connectivity index (χ1) is 21.3. The van der Waals surface area contributed by atoms with E-state index >= 15 is 0 Å². The van der Waals surface area contributed by atoms with Gasteiger partial charge in [0.1, 0.15) is 23.7 Å². The molecule has 1 saturated heterocycles. The Morgan fingerprint density at radius 1 is 0.955 bits per heavy atom. The van der Waals surface area contributed by atoms with Crippen molar-refractivity contribution in [2.75, 3.05) is 12.4 Å². The maximum absolute atomic E-state index is 14.0. The number of esters is 2. The third-order valence-electron chi connectivity index (χ3n) is 7.48. The van der Waals surface area contributed by atoms with Gasteiger partial charge in [-0.15, -0.1) is 0 Å². The van der Waals surface area contributed by atoms with Gasteiger partial charge in [-0.3, -0.25) is 18.7 Å². The molecule has 0 aliphatic carbocycles. The lowest BCUT2D eigenvalue weighted by Gasteiger charge is -2.49. The standard InChI is InChI=1S/C34H32N2O7S/c1-3-22(2)33(39)42-20-26-21-44(41)32-28(35-27(37)19-23-13-7-4-8-14-23)31(38)36(32)29(26)34(40)43-30(24-15-9-5-10-16-24)25-17-11-6-12-18-25/h3-18,28,30,32H,19-21H2,1-2H3,(H,35,37)/t28-,32-,44?/m1/s1. The van der Waals surface area contributed by atoms with Crippen LogP contribution in [0.3, 0.4) is 0 Å². The Balaban J connectivity index is 1.44. The number of nitrogens with one attached hydrogen (secondary N) is 1. The van der Waals surface area contributed by atoms with E-state index in [0.717, 1.165) is 10.5 Å². The van der Waals surface area contributed by atoms with Gasteiger partial charge in [0.05, 0.1) is 23.0 Å². The molecule has 5 rings (SSSR count). The van der Waals surface area contributed by atoms with Crippen LogP contribution in [0.15, 0.2) is 114 Å². The molecule has 0 spiro atoms. The summed E-state index contributed by atoms with van der Waals surface area (Å²) in [5.74, 6) is -2.59. The minimum Gasteiger partial charge on any atom is -0.458 e. The Bertz CT molecular complexity index is 1600. The van der Waals surface area contributed by atoms with Crippen LogP contribution in [0.5, 0.6) is 0 Å². The Morgan fingerprint density at radius 3 is 2.09 bits per heavy atom. The Morgan fingerprint density at radius 2 is 1.52 bits per heavy atom. The van der Waals surface area contributed by atoms with Crippen LogP contribution in [-0.2, 0) is 45.9 Å². The van der Waals surface area contributed by atoms with Gasteiger partial charge in [-0.1, -0.05) is 97.1 Å². The molecule has 0 aromatic heterocycles. The topological polar surface area (TPSA) is 119 Å². The van der Waals surface area contributed by atoms with Crippen LogP contribution in [0.2, 0.25) is 0 Å². The number of carbonyl (C=O) groups excluding carboxylic acids is 4. The predicted molar refractivity (Wildman–Crippen MR) is 164 cm³/mol. The highest BCUT2D eigenvalue weighted by Crippen LogP contribution is 2.37. The van der Waals surface area contributed by atoms with Gasteiger partial charge >= 0.3 is 11.9 Å². The number of benzene rings is 3. The molecule has 1 unspecified atom stereocenters. The molecule has 3 aromatic carbocycles. The normalized spacial score (nSPS) is 19.6. The molecule has 9 nitrogen and oxygen atoms in total. The van der Waals surface area contributed by atoms with Crippen molar-refractivity contribution in [1.29, 1.82) is 0 Å². The SMILES string of the molecule is CC=C(C)C(=O)OCC1=C(C(=O)OC(c2ccccc2)c2ccccc2)N2C(=O)[C@@H](NC(=O)Cc3ccccc3)[C@H]2S(=O)C1. The third-order valence-corrected chi connectivity index (χ3v) is 9.14.